The fraction of sp³-hybridized carbons (Fsp3) is 0.150. The van der Waals surface area contributed by atoms with E-state index in [-0.39, 0.29) is 17.3 Å². The highest BCUT2D eigenvalue weighted by Crippen LogP contribution is 2.30. The molecule has 2 N–H and O–H groups in total. The molecule has 0 atom stereocenters. The van der Waals surface area contributed by atoms with Crippen LogP contribution in [0, 0.1) is 0 Å². The lowest BCUT2D eigenvalue weighted by molar-refractivity contribution is -0.137. The van der Waals surface area contributed by atoms with Gasteiger partial charge in [0, 0.05) is 24.9 Å². The van der Waals surface area contributed by atoms with Gasteiger partial charge >= 0.3 is 6.18 Å². The molecule has 0 radical (unpaired) electrons. The Bertz CT molecular complexity index is 1090. The second-order valence-corrected chi connectivity index (χ2v) is 6.24. The highest BCUT2D eigenvalue weighted by atomic mass is 19.4. The van der Waals surface area contributed by atoms with Crippen molar-refractivity contribution in [2.45, 2.75) is 13.1 Å². The molecule has 0 spiro atoms. The van der Waals surface area contributed by atoms with Crippen LogP contribution in [-0.2, 0) is 11.0 Å². The molecular formula is C20H17F3N4O3. The molecule has 0 aliphatic carbocycles. The molecule has 0 saturated carbocycles. The summed E-state index contributed by atoms with van der Waals surface area (Å²) in [5.41, 5.74) is 0.184. The first-order valence-electron chi connectivity index (χ1n) is 8.67. The zero-order chi connectivity index (χ0) is 21.9. The van der Waals surface area contributed by atoms with Crippen LogP contribution >= 0.6 is 0 Å². The van der Waals surface area contributed by atoms with E-state index in [1.54, 1.807) is 12.1 Å². The number of anilines is 2. The van der Waals surface area contributed by atoms with Crippen molar-refractivity contribution in [3.05, 3.63) is 66.0 Å². The number of hydrogen-bond acceptors (Lipinski definition) is 4. The molecule has 0 bridgehead atoms. The third-order valence-corrected chi connectivity index (χ3v) is 4.03. The molecule has 3 rings (SSSR count). The number of methoxy groups -OCH3 is 1. The summed E-state index contributed by atoms with van der Waals surface area (Å²) in [5, 5.41) is 9.28. The Hall–Kier alpha value is -3.82. The number of nitrogens with one attached hydrogen (secondary N) is 2. The van der Waals surface area contributed by atoms with Crippen molar-refractivity contribution in [3.63, 3.8) is 0 Å². The number of nitrogens with zero attached hydrogens (tertiary/aromatic N) is 2. The van der Waals surface area contributed by atoms with Gasteiger partial charge < -0.3 is 15.4 Å². The molecule has 0 aliphatic rings. The Morgan fingerprint density at radius 3 is 2.50 bits per heavy atom. The number of halogens is 3. The van der Waals surface area contributed by atoms with Crippen LogP contribution in [0.15, 0.2) is 54.7 Å². The van der Waals surface area contributed by atoms with Crippen LogP contribution in [0.1, 0.15) is 23.0 Å². The zero-order valence-electron chi connectivity index (χ0n) is 15.9. The number of carbonyl (C=O) groups is 2. The summed E-state index contributed by atoms with van der Waals surface area (Å²) in [5.74, 6) is -0.521. The van der Waals surface area contributed by atoms with Crippen LogP contribution < -0.4 is 15.4 Å². The first-order chi connectivity index (χ1) is 14.2. The molecule has 7 nitrogen and oxygen atoms in total. The standard InChI is InChI=1S/C20H17F3N4O3/c1-12(28)24-14-6-7-16(18(11-14)30-2)25-19(29)17-8-9-27(26-17)15-5-3-4-13(10-15)20(21,22)23/h3-11H,1-2H3,(H,24,28)(H,25,29). The fourth-order valence-electron chi connectivity index (χ4n) is 2.68. The van der Waals surface area contributed by atoms with Crippen LogP contribution in [0.2, 0.25) is 0 Å². The maximum Gasteiger partial charge on any atom is 0.416 e. The monoisotopic (exact) mass is 418 g/mol. The average molecular weight is 418 g/mol. The highest BCUT2D eigenvalue weighted by molar-refractivity contribution is 6.04. The number of aromatic nitrogens is 2. The molecule has 0 fully saturated rings. The lowest BCUT2D eigenvalue weighted by atomic mass is 10.2. The molecule has 2 amide bonds. The molecular weight excluding hydrogens is 401 g/mol. The normalized spacial score (nSPS) is 11.1. The van der Waals surface area contributed by atoms with E-state index in [1.165, 1.54) is 49.2 Å². The summed E-state index contributed by atoms with van der Waals surface area (Å²) in [6, 6.07) is 10.7. The van der Waals surface area contributed by atoms with Crippen LogP contribution in [0.5, 0.6) is 5.75 Å². The zero-order valence-corrected chi connectivity index (χ0v) is 15.9. The van der Waals surface area contributed by atoms with Crippen molar-refractivity contribution in [2.75, 3.05) is 17.7 Å². The predicted molar refractivity (Wildman–Crippen MR) is 104 cm³/mol. The Morgan fingerprint density at radius 2 is 1.83 bits per heavy atom. The van der Waals surface area contributed by atoms with Gasteiger partial charge in [-0.1, -0.05) is 6.07 Å². The molecule has 0 aliphatic heterocycles. The van der Waals surface area contributed by atoms with Crippen molar-refractivity contribution < 1.29 is 27.5 Å². The largest absolute Gasteiger partial charge is 0.494 e. The third kappa shape index (κ3) is 4.77. The van der Waals surface area contributed by atoms with Gasteiger partial charge in [0.25, 0.3) is 5.91 Å². The SMILES string of the molecule is COc1cc(NC(C)=O)ccc1NC(=O)c1ccn(-c2cccc(C(F)(F)F)c2)n1. The summed E-state index contributed by atoms with van der Waals surface area (Å²) in [7, 11) is 1.41. The number of amides is 2. The Morgan fingerprint density at radius 1 is 1.07 bits per heavy atom. The van der Waals surface area contributed by atoms with Gasteiger partial charge in [-0.25, -0.2) is 4.68 Å². The lowest BCUT2D eigenvalue weighted by Gasteiger charge is -2.11. The van der Waals surface area contributed by atoms with Gasteiger partial charge in [0.1, 0.15) is 5.75 Å². The fourth-order valence-corrected chi connectivity index (χ4v) is 2.68. The summed E-state index contributed by atoms with van der Waals surface area (Å²) < 4.78 is 45.1. The van der Waals surface area contributed by atoms with Crippen molar-refractivity contribution in [1.82, 2.24) is 9.78 Å². The van der Waals surface area contributed by atoms with Gasteiger partial charge in [-0.15, -0.1) is 0 Å². The van der Waals surface area contributed by atoms with Crippen molar-refractivity contribution in [1.29, 1.82) is 0 Å². The average Bonchev–Trinajstić information content (AvgIpc) is 3.18. The van der Waals surface area contributed by atoms with E-state index in [0.29, 0.717) is 17.1 Å². The molecule has 0 saturated heterocycles. The maximum atomic E-state index is 12.9. The van der Waals surface area contributed by atoms with Gasteiger partial charge in [-0.05, 0) is 36.4 Å². The molecule has 2 aromatic carbocycles. The molecule has 1 heterocycles. The number of rotatable bonds is 5. The molecule has 156 valence electrons. The minimum Gasteiger partial charge on any atom is -0.494 e. The second-order valence-electron chi connectivity index (χ2n) is 6.24. The number of ether oxygens (including phenoxy) is 1. The van der Waals surface area contributed by atoms with E-state index in [2.05, 4.69) is 15.7 Å². The van der Waals surface area contributed by atoms with E-state index in [1.807, 2.05) is 0 Å². The lowest BCUT2D eigenvalue weighted by Crippen LogP contribution is -2.14. The minimum atomic E-state index is -4.48. The predicted octanol–water partition coefficient (Wildman–Crippen LogP) is 4.11. The minimum absolute atomic E-state index is 0.000372. The van der Waals surface area contributed by atoms with Crippen LogP contribution in [-0.4, -0.2) is 28.7 Å². The van der Waals surface area contributed by atoms with Gasteiger partial charge in [-0.2, -0.15) is 18.3 Å². The Labute approximate surface area is 169 Å². The van der Waals surface area contributed by atoms with E-state index >= 15 is 0 Å². The maximum absolute atomic E-state index is 12.9. The molecule has 0 unspecified atom stereocenters. The molecule has 3 aromatic rings. The van der Waals surface area contributed by atoms with Crippen molar-refractivity contribution >= 4 is 23.2 Å². The van der Waals surface area contributed by atoms with E-state index in [9.17, 15) is 22.8 Å². The Balaban J connectivity index is 1.80. The quantitative estimate of drug-likeness (QED) is 0.653. The summed E-state index contributed by atoms with van der Waals surface area (Å²) in [6.45, 7) is 1.36. The second kappa shape index (κ2) is 8.27. The van der Waals surface area contributed by atoms with Crippen molar-refractivity contribution in [2.24, 2.45) is 0 Å². The van der Waals surface area contributed by atoms with Gasteiger partial charge in [0.05, 0.1) is 24.0 Å². The topological polar surface area (TPSA) is 85.3 Å². The van der Waals surface area contributed by atoms with E-state index in [0.717, 1.165) is 12.1 Å². The number of alkyl halides is 3. The summed E-state index contributed by atoms with van der Waals surface area (Å²) in [6.07, 6.45) is -3.09. The smallest absolute Gasteiger partial charge is 0.416 e. The van der Waals surface area contributed by atoms with Crippen molar-refractivity contribution in [3.8, 4) is 11.4 Å². The summed E-state index contributed by atoms with van der Waals surface area (Å²) >= 11 is 0. The third-order valence-electron chi connectivity index (χ3n) is 4.03. The molecule has 30 heavy (non-hydrogen) atoms. The highest BCUT2D eigenvalue weighted by Gasteiger charge is 2.30. The van der Waals surface area contributed by atoms with Crippen LogP contribution in [0.25, 0.3) is 5.69 Å². The molecule has 1 aromatic heterocycles. The number of hydrogen-bond donors (Lipinski definition) is 2. The first-order valence-corrected chi connectivity index (χ1v) is 8.67. The van der Waals surface area contributed by atoms with Crippen LogP contribution in [0.4, 0.5) is 24.5 Å². The Kier molecular flexibility index (Phi) is 5.77. The number of benzene rings is 2. The summed E-state index contributed by atoms with van der Waals surface area (Å²) in [4.78, 5) is 23.7. The van der Waals surface area contributed by atoms with Gasteiger partial charge in [0.15, 0.2) is 5.69 Å². The van der Waals surface area contributed by atoms with E-state index < -0.39 is 17.6 Å². The first kappa shape index (κ1) is 20.9. The molecule has 10 heteroatoms. The van der Waals surface area contributed by atoms with Gasteiger partial charge in [-0.3, -0.25) is 9.59 Å². The van der Waals surface area contributed by atoms with Crippen LogP contribution in [0.3, 0.4) is 0 Å². The van der Waals surface area contributed by atoms with E-state index in [4.69, 9.17) is 4.74 Å². The van der Waals surface area contributed by atoms with Gasteiger partial charge in [0.2, 0.25) is 5.91 Å². The number of carbonyl (C=O) groups excluding carboxylic acids is 2.